The number of fused-ring (bicyclic) bond motifs is 6. The summed E-state index contributed by atoms with van der Waals surface area (Å²) in [7, 11) is 0. The number of nitrogens with zero attached hydrogens (tertiary/aromatic N) is 2. The van der Waals surface area contributed by atoms with Crippen LogP contribution in [0.1, 0.15) is 17.0 Å². The van der Waals surface area contributed by atoms with Gasteiger partial charge in [0.2, 0.25) is 0 Å². The molecule has 2 unspecified atom stereocenters. The summed E-state index contributed by atoms with van der Waals surface area (Å²) >= 11 is 0. The lowest BCUT2D eigenvalue weighted by molar-refractivity contribution is 0.669. The van der Waals surface area contributed by atoms with Crippen molar-refractivity contribution in [3.8, 4) is 22.3 Å². The smallest absolute Gasteiger partial charge is 0.137 e. The molecule has 1 aliphatic heterocycles. The van der Waals surface area contributed by atoms with Crippen LogP contribution >= 0.6 is 0 Å². The van der Waals surface area contributed by atoms with E-state index in [-0.39, 0.29) is 12.0 Å². The molecule has 270 valence electrons. The van der Waals surface area contributed by atoms with Crippen molar-refractivity contribution in [2.45, 2.75) is 12.0 Å². The van der Waals surface area contributed by atoms with E-state index in [9.17, 15) is 0 Å². The molecule has 2 atom stereocenters. The first-order chi connectivity index (χ1) is 28.3. The Labute approximate surface area is 332 Å². The van der Waals surface area contributed by atoms with Gasteiger partial charge in [-0.1, -0.05) is 158 Å². The van der Waals surface area contributed by atoms with E-state index in [1.165, 1.54) is 50.3 Å². The molecule has 11 rings (SSSR count). The second-order valence-corrected chi connectivity index (χ2v) is 14.9. The standard InChI is InChI=1S/C54H38N2O/c1-3-13-37(14-4-1)39-23-28-42(29-24-39)55(44-32-34-49-48-19-9-12-22-53(48)57-54(49)36-44)43-30-25-40(26-31-43)45-17-7-10-20-50(45)56-51-21-11-8-18-46(51)47-33-27-41(35-52(47)56)38-15-5-2-6-16-38/h1-36,47,52H. The molecule has 0 fully saturated rings. The Morgan fingerprint density at radius 1 is 0.439 bits per heavy atom. The lowest BCUT2D eigenvalue weighted by Gasteiger charge is -2.32. The average Bonchev–Trinajstić information content (AvgIpc) is 3.82. The SMILES string of the molecule is C1=CC2c3ccccc3N(c3ccccc3-c3ccc(N(c4ccc(-c5ccccc5)cc4)c4ccc5c(c4)oc4ccccc45)cc3)C2C=C1c1ccccc1. The van der Waals surface area contributed by atoms with Crippen LogP contribution in [0, 0.1) is 0 Å². The maximum Gasteiger partial charge on any atom is 0.137 e. The van der Waals surface area contributed by atoms with Crippen molar-refractivity contribution >= 4 is 55.9 Å². The fraction of sp³-hybridized carbons (Fsp3) is 0.0370. The second-order valence-electron chi connectivity index (χ2n) is 14.9. The maximum atomic E-state index is 6.39. The summed E-state index contributed by atoms with van der Waals surface area (Å²) in [6, 6.07) is 71.9. The predicted octanol–water partition coefficient (Wildman–Crippen LogP) is 14.6. The molecular weight excluding hydrogens is 693 g/mol. The molecule has 9 aromatic rings. The molecule has 0 radical (unpaired) electrons. The quantitative estimate of drug-likeness (QED) is 0.163. The molecule has 3 heteroatoms. The summed E-state index contributed by atoms with van der Waals surface area (Å²) in [6.07, 6.45) is 7.15. The third-order valence-corrected chi connectivity index (χ3v) is 11.6. The minimum Gasteiger partial charge on any atom is -0.456 e. The van der Waals surface area contributed by atoms with Gasteiger partial charge in [0.1, 0.15) is 11.2 Å². The number of anilines is 5. The lowest BCUT2D eigenvalue weighted by atomic mass is 9.86. The van der Waals surface area contributed by atoms with E-state index in [4.69, 9.17) is 4.42 Å². The van der Waals surface area contributed by atoms with E-state index in [0.717, 1.165) is 39.0 Å². The van der Waals surface area contributed by atoms with Gasteiger partial charge >= 0.3 is 0 Å². The van der Waals surface area contributed by atoms with E-state index < -0.39 is 0 Å². The summed E-state index contributed by atoms with van der Waals surface area (Å²) in [5, 5.41) is 2.24. The van der Waals surface area contributed by atoms with Crippen molar-refractivity contribution in [1.29, 1.82) is 0 Å². The second kappa shape index (κ2) is 13.7. The Balaban J connectivity index is 0.997. The van der Waals surface area contributed by atoms with Crippen LogP contribution in [0.3, 0.4) is 0 Å². The van der Waals surface area contributed by atoms with E-state index in [1.54, 1.807) is 0 Å². The number of para-hydroxylation sites is 3. The molecule has 3 nitrogen and oxygen atoms in total. The van der Waals surface area contributed by atoms with Crippen LogP contribution in [-0.4, -0.2) is 6.04 Å². The van der Waals surface area contributed by atoms with E-state index in [2.05, 4.69) is 216 Å². The molecule has 0 N–H and O–H groups in total. The van der Waals surface area contributed by atoms with Crippen molar-refractivity contribution in [3.63, 3.8) is 0 Å². The number of hydrogen-bond donors (Lipinski definition) is 0. The zero-order valence-corrected chi connectivity index (χ0v) is 31.2. The molecule has 0 saturated heterocycles. The van der Waals surface area contributed by atoms with Crippen molar-refractivity contribution in [1.82, 2.24) is 0 Å². The van der Waals surface area contributed by atoms with Crippen LogP contribution < -0.4 is 9.80 Å². The predicted molar refractivity (Wildman–Crippen MR) is 238 cm³/mol. The Bertz CT molecular complexity index is 2960. The van der Waals surface area contributed by atoms with Crippen LogP contribution in [0.2, 0.25) is 0 Å². The van der Waals surface area contributed by atoms with Gasteiger partial charge in [0.05, 0.1) is 6.04 Å². The van der Waals surface area contributed by atoms with Gasteiger partial charge in [-0.2, -0.15) is 0 Å². The van der Waals surface area contributed by atoms with Crippen molar-refractivity contribution in [2.75, 3.05) is 9.80 Å². The third kappa shape index (κ3) is 5.75. The van der Waals surface area contributed by atoms with Crippen molar-refractivity contribution < 1.29 is 4.42 Å². The highest BCUT2D eigenvalue weighted by Crippen LogP contribution is 2.51. The van der Waals surface area contributed by atoms with E-state index >= 15 is 0 Å². The fourth-order valence-corrected chi connectivity index (χ4v) is 8.90. The first-order valence-corrected chi connectivity index (χ1v) is 19.7. The zero-order chi connectivity index (χ0) is 37.7. The molecule has 57 heavy (non-hydrogen) atoms. The number of allylic oxidation sites excluding steroid dienone is 2. The minimum absolute atomic E-state index is 0.158. The van der Waals surface area contributed by atoms with Crippen molar-refractivity contribution in [2.24, 2.45) is 0 Å². The van der Waals surface area contributed by atoms with E-state index in [0.29, 0.717) is 0 Å². The average molecular weight is 731 g/mol. The molecule has 1 aromatic heterocycles. The Kier molecular flexibility index (Phi) is 7.96. The van der Waals surface area contributed by atoms with Crippen LogP contribution in [0.15, 0.2) is 223 Å². The van der Waals surface area contributed by atoms with Crippen LogP contribution in [0.25, 0.3) is 49.8 Å². The summed E-state index contributed by atoms with van der Waals surface area (Å²) in [6.45, 7) is 0. The molecule has 8 aromatic carbocycles. The molecular formula is C54H38N2O. The Morgan fingerprint density at radius 2 is 1.02 bits per heavy atom. The third-order valence-electron chi connectivity index (χ3n) is 11.6. The normalized spacial score (nSPS) is 15.7. The topological polar surface area (TPSA) is 19.6 Å². The lowest BCUT2D eigenvalue weighted by Crippen LogP contribution is -2.29. The molecule has 2 aliphatic rings. The first-order valence-electron chi connectivity index (χ1n) is 19.7. The largest absolute Gasteiger partial charge is 0.456 e. The van der Waals surface area contributed by atoms with Gasteiger partial charge < -0.3 is 14.2 Å². The van der Waals surface area contributed by atoms with Crippen LogP contribution in [-0.2, 0) is 0 Å². The monoisotopic (exact) mass is 730 g/mol. The molecule has 0 amide bonds. The van der Waals surface area contributed by atoms with Crippen molar-refractivity contribution in [3.05, 3.63) is 230 Å². The van der Waals surface area contributed by atoms with Gasteiger partial charge in [0, 0.05) is 56.8 Å². The molecule has 0 saturated carbocycles. The number of rotatable bonds is 7. The van der Waals surface area contributed by atoms with Gasteiger partial charge in [0.25, 0.3) is 0 Å². The van der Waals surface area contributed by atoms with Gasteiger partial charge in [-0.05, 0) is 88.0 Å². The summed E-state index contributed by atoms with van der Waals surface area (Å²) in [5.41, 5.74) is 16.0. The molecule has 2 heterocycles. The highest BCUT2D eigenvalue weighted by Gasteiger charge is 2.39. The van der Waals surface area contributed by atoms with Gasteiger partial charge in [-0.3, -0.25) is 0 Å². The highest BCUT2D eigenvalue weighted by molar-refractivity contribution is 6.06. The number of furan rings is 1. The van der Waals surface area contributed by atoms with Crippen LogP contribution in [0.4, 0.5) is 28.4 Å². The number of hydrogen-bond acceptors (Lipinski definition) is 3. The summed E-state index contributed by atoms with van der Waals surface area (Å²) in [4.78, 5) is 4.88. The Hall–Kier alpha value is -7.36. The summed E-state index contributed by atoms with van der Waals surface area (Å²) < 4.78 is 6.39. The molecule has 0 spiro atoms. The Morgan fingerprint density at radius 3 is 1.79 bits per heavy atom. The van der Waals surface area contributed by atoms with Gasteiger partial charge in [-0.25, -0.2) is 0 Å². The summed E-state index contributed by atoms with van der Waals surface area (Å²) in [5.74, 6) is 0.273. The fourth-order valence-electron chi connectivity index (χ4n) is 8.90. The highest BCUT2D eigenvalue weighted by atomic mass is 16.3. The van der Waals surface area contributed by atoms with Gasteiger partial charge in [0.15, 0.2) is 0 Å². The van der Waals surface area contributed by atoms with Crippen LogP contribution in [0.5, 0.6) is 0 Å². The zero-order valence-electron chi connectivity index (χ0n) is 31.2. The molecule has 1 aliphatic carbocycles. The van der Waals surface area contributed by atoms with Gasteiger partial charge in [-0.15, -0.1) is 0 Å². The first kappa shape index (κ1) is 33.0. The maximum absolute atomic E-state index is 6.39. The molecule has 0 bridgehead atoms. The minimum atomic E-state index is 0.158. The number of benzene rings is 8. The van der Waals surface area contributed by atoms with E-state index in [1.807, 2.05) is 12.1 Å².